The Bertz CT molecular complexity index is 538. The predicted octanol–water partition coefficient (Wildman–Crippen LogP) is 2.23. The van der Waals surface area contributed by atoms with Gasteiger partial charge in [-0.25, -0.2) is 4.98 Å². The van der Waals surface area contributed by atoms with E-state index in [0.717, 1.165) is 11.3 Å². The number of hydrogen-bond donors (Lipinski definition) is 1. The Balaban J connectivity index is 2.03. The van der Waals surface area contributed by atoms with Crippen LogP contribution in [0.2, 0.25) is 0 Å². The molecular formula is C14H16F3N3O. The number of benzene rings is 1. The highest BCUT2D eigenvalue weighted by Crippen LogP contribution is 2.18. The molecule has 2 aromatic rings. The van der Waals surface area contributed by atoms with Gasteiger partial charge in [0.1, 0.15) is 0 Å². The molecule has 1 N–H and O–H groups in total. The van der Waals surface area contributed by atoms with Gasteiger partial charge in [0.25, 0.3) is 0 Å². The molecule has 1 aromatic carbocycles. The van der Waals surface area contributed by atoms with Crippen LogP contribution in [-0.4, -0.2) is 45.4 Å². The van der Waals surface area contributed by atoms with E-state index in [9.17, 15) is 13.2 Å². The van der Waals surface area contributed by atoms with E-state index in [0.29, 0.717) is 0 Å². The van der Waals surface area contributed by atoms with Crippen molar-refractivity contribution in [3.8, 4) is 5.69 Å². The van der Waals surface area contributed by atoms with Crippen LogP contribution < -0.4 is 0 Å². The number of rotatable bonds is 6. The molecule has 21 heavy (non-hydrogen) atoms. The average molecular weight is 299 g/mol. The summed E-state index contributed by atoms with van der Waals surface area (Å²) in [6, 6.07) is 7.19. The van der Waals surface area contributed by atoms with Crippen LogP contribution in [0, 0.1) is 0 Å². The fourth-order valence-electron chi connectivity index (χ4n) is 2.05. The van der Waals surface area contributed by atoms with Crippen LogP contribution in [0.5, 0.6) is 0 Å². The first-order valence-corrected chi connectivity index (χ1v) is 6.45. The summed E-state index contributed by atoms with van der Waals surface area (Å²) in [4.78, 5) is 5.11. The van der Waals surface area contributed by atoms with Crippen molar-refractivity contribution < 1.29 is 18.3 Å². The summed E-state index contributed by atoms with van der Waals surface area (Å²) in [6.07, 6.45) is 0.819. The van der Waals surface area contributed by atoms with Gasteiger partial charge in [-0.05, 0) is 17.7 Å². The highest BCUT2D eigenvalue weighted by Gasteiger charge is 2.30. The van der Waals surface area contributed by atoms with Gasteiger partial charge in [-0.2, -0.15) is 13.2 Å². The summed E-state index contributed by atoms with van der Waals surface area (Å²) in [5, 5.41) is 8.86. The second-order valence-electron chi connectivity index (χ2n) is 4.69. The second kappa shape index (κ2) is 6.73. The molecule has 0 spiro atoms. The molecule has 114 valence electrons. The summed E-state index contributed by atoms with van der Waals surface area (Å²) in [5.74, 6) is 0. The second-order valence-corrected chi connectivity index (χ2v) is 4.69. The SMILES string of the molecule is OCCN(Cc1ccc(-n2ccnc2)cc1)CC(F)(F)F. The van der Waals surface area contributed by atoms with E-state index >= 15 is 0 Å². The Hall–Kier alpha value is -1.86. The summed E-state index contributed by atoms with van der Waals surface area (Å²) in [7, 11) is 0. The van der Waals surface area contributed by atoms with E-state index in [1.54, 1.807) is 30.9 Å². The van der Waals surface area contributed by atoms with Gasteiger partial charge in [0.15, 0.2) is 0 Å². The van der Waals surface area contributed by atoms with Crippen molar-refractivity contribution in [1.82, 2.24) is 14.5 Å². The maximum atomic E-state index is 12.4. The number of aliphatic hydroxyl groups excluding tert-OH is 1. The van der Waals surface area contributed by atoms with Crippen molar-refractivity contribution >= 4 is 0 Å². The molecule has 0 unspecified atom stereocenters. The van der Waals surface area contributed by atoms with Crippen LogP contribution in [0.3, 0.4) is 0 Å². The molecule has 0 amide bonds. The van der Waals surface area contributed by atoms with Crippen molar-refractivity contribution in [3.05, 3.63) is 48.5 Å². The Morgan fingerprint density at radius 1 is 1.19 bits per heavy atom. The largest absolute Gasteiger partial charge is 0.401 e. The van der Waals surface area contributed by atoms with Crippen LogP contribution in [0.15, 0.2) is 43.0 Å². The molecule has 4 nitrogen and oxygen atoms in total. The Morgan fingerprint density at radius 2 is 1.90 bits per heavy atom. The molecule has 0 aliphatic carbocycles. The van der Waals surface area contributed by atoms with Crippen molar-refractivity contribution in [2.45, 2.75) is 12.7 Å². The molecule has 7 heteroatoms. The molecule has 0 saturated heterocycles. The van der Waals surface area contributed by atoms with Gasteiger partial charge in [-0.1, -0.05) is 12.1 Å². The molecule has 1 aromatic heterocycles. The molecule has 0 bridgehead atoms. The number of alkyl halides is 3. The molecule has 0 atom stereocenters. The first kappa shape index (κ1) is 15.5. The molecule has 0 aliphatic rings. The third kappa shape index (κ3) is 4.87. The van der Waals surface area contributed by atoms with Gasteiger partial charge in [0, 0.05) is 31.2 Å². The number of halogens is 3. The zero-order chi connectivity index (χ0) is 15.3. The lowest BCUT2D eigenvalue weighted by Gasteiger charge is -2.22. The fourth-order valence-corrected chi connectivity index (χ4v) is 2.05. The third-order valence-corrected chi connectivity index (χ3v) is 2.96. The molecule has 0 aliphatic heterocycles. The predicted molar refractivity (Wildman–Crippen MR) is 72.0 cm³/mol. The van der Waals surface area contributed by atoms with E-state index < -0.39 is 12.7 Å². The third-order valence-electron chi connectivity index (χ3n) is 2.96. The summed E-state index contributed by atoms with van der Waals surface area (Å²) in [5.41, 5.74) is 1.65. The summed E-state index contributed by atoms with van der Waals surface area (Å²) in [6.45, 7) is -1.20. The lowest BCUT2D eigenvalue weighted by Crippen LogP contribution is -2.35. The van der Waals surface area contributed by atoms with Crippen molar-refractivity contribution in [2.75, 3.05) is 19.7 Å². The van der Waals surface area contributed by atoms with Crippen molar-refractivity contribution in [2.24, 2.45) is 0 Å². The Labute approximate surface area is 120 Å². The lowest BCUT2D eigenvalue weighted by atomic mass is 10.2. The summed E-state index contributed by atoms with van der Waals surface area (Å²) >= 11 is 0. The normalized spacial score (nSPS) is 12.0. The molecule has 1 heterocycles. The van der Waals surface area contributed by atoms with E-state index in [1.807, 2.05) is 16.7 Å². The molecule has 2 rings (SSSR count). The quantitative estimate of drug-likeness (QED) is 0.889. The standard InChI is InChI=1S/C14H16F3N3O/c15-14(16,17)10-19(7-8-21)9-12-1-3-13(4-2-12)20-6-5-18-11-20/h1-6,11,21H,7-10H2. The first-order valence-electron chi connectivity index (χ1n) is 6.45. The van der Waals surface area contributed by atoms with Crippen molar-refractivity contribution in [1.29, 1.82) is 0 Å². The minimum absolute atomic E-state index is 0.0111. The maximum absolute atomic E-state index is 12.4. The van der Waals surface area contributed by atoms with Gasteiger partial charge in [-0.3, -0.25) is 4.90 Å². The molecule has 0 radical (unpaired) electrons. The van der Waals surface area contributed by atoms with Crippen LogP contribution in [-0.2, 0) is 6.54 Å². The lowest BCUT2D eigenvalue weighted by molar-refractivity contribution is -0.147. The Morgan fingerprint density at radius 3 is 2.43 bits per heavy atom. The minimum Gasteiger partial charge on any atom is -0.395 e. The zero-order valence-electron chi connectivity index (χ0n) is 11.3. The van der Waals surface area contributed by atoms with Gasteiger partial charge < -0.3 is 9.67 Å². The van der Waals surface area contributed by atoms with Crippen LogP contribution in [0.1, 0.15) is 5.56 Å². The first-order chi connectivity index (χ1) is 9.98. The monoisotopic (exact) mass is 299 g/mol. The van der Waals surface area contributed by atoms with Crippen LogP contribution in [0.4, 0.5) is 13.2 Å². The number of aliphatic hydroxyl groups is 1. The van der Waals surface area contributed by atoms with Gasteiger partial charge >= 0.3 is 6.18 Å². The van der Waals surface area contributed by atoms with E-state index in [-0.39, 0.29) is 19.7 Å². The minimum atomic E-state index is -4.27. The molecule has 0 saturated carbocycles. The zero-order valence-corrected chi connectivity index (χ0v) is 11.3. The Kier molecular flexibility index (Phi) is 4.98. The van der Waals surface area contributed by atoms with Crippen molar-refractivity contribution in [3.63, 3.8) is 0 Å². The number of imidazole rings is 1. The van der Waals surface area contributed by atoms with Crippen LogP contribution in [0.25, 0.3) is 5.69 Å². The topological polar surface area (TPSA) is 41.3 Å². The summed E-state index contributed by atoms with van der Waals surface area (Å²) < 4.78 is 39.2. The van der Waals surface area contributed by atoms with Gasteiger partial charge in [0.05, 0.1) is 19.5 Å². The van der Waals surface area contributed by atoms with E-state index in [4.69, 9.17) is 5.11 Å². The average Bonchev–Trinajstić information content (AvgIpc) is 2.92. The van der Waals surface area contributed by atoms with Gasteiger partial charge in [-0.15, -0.1) is 0 Å². The van der Waals surface area contributed by atoms with Gasteiger partial charge in [0.2, 0.25) is 0 Å². The highest BCUT2D eigenvalue weighted by molar-refractivity contribution is 5.34. The maximum Gasteiger partial charge on any atom is 0.401 e. The molecule has 0 fully saturated rings. The molecular weight excluding hydrogens is 283 g/mol. The smallest absolute Gasteiger partial charge is 0.395 e. The highest BCUT2D eigenvalue weighted by atomic mass is 19.4. The number of aromatic nitrogens is 2. The van der Waals surface area contributed by atoms with E-state index in [1.165, 1.54) is 4.90 Å². The van der Waals surface area contributed by atoms with Crippen LogP contribution >= 0.6 is 0 Å². The fraction of sp³-hybridized carbons (Fsp3) is 0.357. The number of hydrogen-bond acceptors (Lipinski definition) is 3. The van der Waals surface area contributed by atoms with E-state index in [2.05, 4.69) is 4.98 Å². The number of nitrogens with zero attached hydrogens (tertiary/aromatic N) is 3.